The number of aromatic amines is 1. The Bertz CT molecular complexity index is 1400. The minimum atomic E-state index is -0.560. The third-order valence-corrected chi connectivity index (χ3v) is 5.91. The number of amides is 1. The van der Waals surface area contributed by atoms with Gasteiger partial charge in [0.2, 0.25) is 0 Å². The van der Waals surface area contributed by atoms with E-state index in [0.29, 0.717) is 29.6 Å². The second kappa shape index (κ2) is 9.57. The third kappa shape index (κ3) is 4.61. The standard InChI is InChI=1S/C26H21ClN4O3/c27-21-9-2-17(3-10-21)1-4-20-15-22-23(16-24(20)31-11-13-34-14-12-31)29-25(28-22)18-5-7-19(8-6-18)26(32)30-33/h2-3,5-10,15-16,33H,11-14H2,(H,28,29)(H,30,32). The molecule has 1 fully saturated rings. The molecule has 0 aliphatic carbocycles. The van der Waals surface area contributed by atoms with E-state index < -0.39 is 5.91 Å². The first-order valence-electron chi connectivity index (χ1n) is 10.8. The number of aromatic nitrogens is 2. The largest absolute Gasteiger partial charge is 0.378 e. The highest BCUT2D eigenvalue weighted by Gasteiger charge is 2.17. The van der Waals surface area contributed by atoms with E-state index in [1.807, 2.05) is 30.3 Å². The van der Waals surface area contributed by atoms with Gasteiger partial charge in [-0.2, -0.15) is 0 Å². The number of nitrogens with zero attached hydrogens (tertiary/aromatic N) is 2. The Hall–Kier alpha value is -3.83. The Balaban J connectivity index is 1.55. The van der Waals surface area contributed by atoms with Crippen molar-refractivity contribution >= 4 is 34.2 Å². The molecule has 1 aromatic heterocycles. The molecule has 2 heterocycles. The fourth-order valence-corrected chi connectivity index (χ4v) is 3.99. The maximum atomic E-state index is 11.6. The lowest BCUT2D eigenvalue weighted by Crippen LogP contribution is -2.36. The molecular formula is C26H21ClN4O3. The second-order valence-electron chi connectivity index (χ2n) is 7.85. The van der Waals surface area contributed by atoms with Crippen molar-refractivity contribution in [1.29, 1.82) is 0 Å². The molecule has 0 spiro atoms. The van der Waals surface area contributed by atoms with Crippen molar-refractivity contribution < 1.29 is 14.7 Å². The summed E-state index contributed by atoms with van der Waals surface area (Å²) in [5, 5.41) is 9.49. The Kier molecular flexibility index (Phi) is 6.19. The number of nitrogens with one attached hydrogen (secondary N) is 2. The van der Waals surface area contributed by atoms with E-state index in [2.05, 4.69) is 27.8 Å². The number of ether oxygens (including phenoxy) is 1. The summed E-state index contributed by atoms with van der Waals surface area (Å²) in [4.78, 5) is 22.0. The predicted octanol–water partition coefficient (Wildman–Crippen LogP) is 4.24. The topological polar surface area (TPSA) is 90.5 Å². The van der Waals surface area contributed by atoms with Crippen molar-refractivity contribution in [2.45, 2.75) is 0 Å². The third-order valence-electron chi connectivity index (χ3n) is 5.66. The smallest absolute Gasteiger partial charge is 0.274 e. The van der Waals surface area contributed by atoms with Crippen LogP contribution in [0.3, 0.4) is 0 Å². The molecule has 1 amide bonds. The van der Waals surface area contributed by atoms with E-state index in [9.17, 15) is 4.79 Å². The first-order chi connectivity index (χ1) is 16.6. The summed E-state index contributed by atoms with van der Waals surface area (Å²) in [5.74, 6) is 6.68. The van der Waals surface area contributed by atoms with Gasteiger partial charge in [-0.25, -0.2) is 10.5 Å². The molecule has 1 saturated heterocycles. The summed E-state index contributed by atoms with van der Waals surface area (Å²) in [6, 6.07) is 18.4. The van der Waals surface area contributed by atoms with Gasteiger partial charge in [0.25, 0.3) is 5.91 Å². The van der Waals surface area contributed by atoms with Crippen LogP contribution in [0.15, 0.2) is 60.7 Å². The zero-order chi connectivity index (χ0) is 23.5. The highest BCUT2D eigenvalue weighted by atomic mass is 35.5. The van der Waals surface area contributed by atoms with Gasteiger partial charge in [0, 0.05) is 34.8 Å². The zero-order valence-corrected chi connectivity index (χ0v) is 18.9. The van der Waals surface area contributed by atoms with Gasteiger partial charge in [0.05, 0.1) is 35.5 Å². The zero-order valence-electron chi connectivity index (χ0n) is 18.1. The van der Waals surface area contributed by atoms with E-state index in [1.165, 1.54) is 0 Å². The maximum Gasteiger partial charge on any atom is 0.274 e. The number of rotatable bonds is 3. The van der Waals surface area contributed by atoms with Crippen LogP contribution < -0.4 is 10.4 Å². The number of H-pyrrole nitrogens is 1. The molecule has 7 nitrogen and oxygen atoms in total. The predicted molar refractivity (Wildman–Crippen MR) is 131 cm³/mol. The molecule has 3 aromatic carbocycles. The number of morpholine rings is 1. The number of carbonyl (C=O) groups excluding carboxylic acids is 1. The van der Waals surface area contributed by atoms with E-state index >= 15 is 0 Å². The van der Waals surface area contributed by atoms with Crippen molar-refractivity contribution in [2.75, 3.05) is 31.2 Å². The van der Waals surface area contributed by atoms with Crippen LogP contribution in [0.5, 0.6) is 0 Å². The molecule has 170 valence electrons. The Morgan fingerprint density at radius 2 is 1.79 bits per heavy atom. The average molecular weight is 473 g/mol. The fraction of sp³-hybridized carbons (Fsp3) is 0.154. The Labute approximate surface area is 201 Å². The lowest BCUT2D eigenvalue weighted by Gasteiger charge is -2.29. The Morgan fingerprint density at radius 3 is 2.50 bits per heavy atom. The number of imidazole rings is 1. The van der Waals surface area contributed by atoms with Crippen LogP contribution >= 0.6 is 11.6 Å². The summed E-state index contributed by atoms with van der Waals surface area (Å²) in [6.45, 7) is 2.91. The van der Waals surface area contributed by atoms with E-state index in [-0.39, 0.29) is 0 Å². The highest BCUT2D eigenvalue weighted by Crippen LogP contribution is 2.29. The normalized spacial score (nSPS) is 13.4. The lowest BCUT2D eigenvalue weighted by molar-refractivity contribution is 0.0706. The van der Waals surface area contributed by atoms with E-state index in [4.69, 9.17) is 26.5 Å². The van der Waals surface area contributed by atoms with Gasteiger partial charge in [0.15, 0.2) is 0 Å². The minimum absolute atomic E-state index is 0.358. The molecule has 3 N–H and O–H groups in total. The number of halogens is 1. The number of hydrogen-bond donors (Lipinski definition) is 3. The first-order valence-corrected chi connectivity index (χ1v) is 11.2. The van der Waals surface area contributed by atoms with Crippen molar-refractivity contribution in [1.82, 2.24) is 15.4 Å². The van der Waals surface area contributed by atoms with Crippen LogP contribution in [0, 0.1) is 11.8 Å². The highest BCUT2D eigenvalue weighted by molar-refractivity contribution is 6.30. The summed E-state index contributed by atoms with van der Waals surface area (Å²) < 4.78 is 5.53. The number of fused-ring (bicyclic) bond motifs is 1. The van der Waals surface area contributed by atoms with Crippen LogP contribution in [0.1, 0.15) is 21.5 Å². The number of benzene rings is 3. The second-order valence-corrected chi connectivity index (χ2v) is 8.28. The number of hydroxylamine groups is 1. The molecule has 1 aliphatic heterocycles. The summed E-state index contributed by atoms with van der Waals surface area (Å²) in [7, 11) is 0. The summed E-state index contributed by atoms with van der Waals surface area (Å²) >= 11 is 6.00. The minimum Gasteiger partial charge on any atom is -0.378 e. The van der Waals surface area contributed by atoms with Gasteiger partial charge in [-0.3, -0.25) is 10.0 Å². The van der Waals surface area contributed by atoms with Gasteiger partial charge in [-0.15, -0.1) is 0 Å². The van der Waals surface area contributed by atoms with Crippen LogP contribution in [0.2, 0.25) is 5.02 Å². The van der Waals surface area contributed by atoms with Crippen molar-refractivity contribution in [3.05, 3.63) is 82.4 Å². The quantitative estimate of drug-likeness (QED) is 0.236. The molecule has 0 atom stereocenters. The van der Waals surface area contributed by atoms with Gasteiger partial charge in [-0.05, 0) is 48.5 Å². The van der Waals surface area contributed by atoms with E-state index in [0.717, 1.165) is 46.5 Å². The molecule has 34 heavy (non-hydrogen) atoms. The van der Waals surface area contributed by atoms with Crippen molar-refractivity contribution in [3.8, 4) is 23.2 Å². The lowest BCUT2D eigenvalue weighted by atomic mass is 10.1. The van der Waals surface area contributed by atoms with Crippen molar-refractivity contribution in [3.63, 3.8) is 0 Å². The molecule has 0 unspecified atom stereocenters. The average Bonchev–Trinajstić information content (AvgIpc) is 3.31. The van der Waals surface area contributed by atoms with Gasteiger partial charge >= 0.3 is 0 Å². The number of anilines is 1. The maximum absolute atomic E-state index is 11.6. The van der Waals surface area contributed by atoms with Crippen LogP contribution in [-0.2, 0) is 4.74 Å². The van der Waals surface area contributed by atoms with Gasteiger partial charge < -0.3 is 14.6 Å². The molecule has 1 aliphatic rings. The molecule has 0 saturated carbocycles. The van der Waals surface area contributed by atoms with Crippen LogP contribution in [0.4, 0.5) is 5.69 Å². The fourth-order valence-electron chi connectivity index (χ4n) is 3.87. The Morgan fingerprint density at radius 1 is 1.06 bits per heavy atom. The first kappa shape index (κ1) is 22.0. The molecule has 5 rings (SSSR count). The molecule has 0 radical (unpaired) electrons. The molecular weight excluding hydrogens is 452 g/mol. The van der Waals surface area contributed by atoms with Gasteiger partial charge in [0.1, 0.15) is 5.82 Å². The number of carbonyl (C=O) groups is 1. The SMILES string of the molecule is O=C(NO)c1ccc(-c2nc3cc(N4CCOCC4)c(C#Cc4ccc(Cl)cc4)cc3[nH]2)cc1. The van der Waals surface area contributed by atoms with Crippen LogP contribution in [-0.4, -0.2) is 47.4 Å². The molecule has 8 heteroatoms. The van der Waals surface area contributed by atoms with Crippen molar-refractivity contribution in [2.24, 2.45) is 0 Å². The van der Waals surface area contributed by atoms with Crippen LogP contribution in [0.25, 0.3) is 22.4 Å². The summed E-state index contributed by atoms with van der Waals surface area (Å²) in [6.07, 6.45) is 0. The summed E-state index contributed by atoms with van der Waals surface area (Å²) in [5.41, 5.74) is 7.31. The van der Waals surface area contributed by atoms with Gasteiger partial charge in [-0.1, -0.05) is 35.6 Å². The monoisotopic (exact) mass is 472 g/mol. The molecule has 4 aromatic rings. The number of hydrogen-bond acceptors (Lipinski definition) is 5. The molecule has 0 bridgehead atoms. The van der Waals surface area contributed by atoms with E-state index in [1.54, 1.807) is 29.7 Å².